The average Bonchev–Trinajstić information content (AvgIpc) is 3.13. The number of aromatic amines is 1. The molecule has 4 rings (SSSR count). The summed E-state index contributed by atoms with van der Waals surface area (Å²) in [5.41, 5.74) is 3.86. The second-order valence-corrected chi connectivity index (χ2v) is 6.70. The summed E-state index contributed by atoms with van der Waals surface area (Å²) < 4.78 is 19.1. The summed E-state index contributed by atoms with van der Waals surface area (Å²) in [4.78, 5) is 17.6. The van der Waals surface area contributed by atoms with Crippen LogP contribution in [0.15, 0.2) is 54.7 Å². The zero-order valence-corrected chi connectivity index (χ0v) is 15.2. The molecule has 2 aromatic carbocycles. The number of hydrogen-bond acceptors (Lipinski definition) is 2. The van der Waals surface area contributed by atoms with Crippen LogP contribution in [0.5, 0.6) is 5.75 Å². The minimum absolute atomic E-state index is 0.0454. The summed E-state index contributed by atoms with van der Waals surface area (Å²) in [6.45, 7) is 1.18. The van der Waals surface area contributed by atoms with Crippen LogP contribution < -0.4 is 4.74 Å². The Bertz CT molecular complexity index is 1020. The van der Waals surface area contributed by atoms with E-state index in [2.05, 4.69) is 11.1 Å². The molecule has 0 saturated carbocycles. The standard InChI is InChI=1S/C22H21FN2O2/c1-27-17-6-7-21-18(13-17)19(14-24-21)15-8-10-25(11-9-15)22(26)12-16-4-2-3-5-20(16)23/h2-8,13-14,24H,9-12H2,1H3. The van der Waals surface area contributed by atoms with Gasteiger partial charge in [0.15, 0.2) is 0 Å². The molecule has 0 saturated heterocycles. The number of fused-ring (bicyclic) bond motifs is 1. The lowest BCUT2D eigenvalue weighted by Crippen LogP contribution is -2.35. The molecule has 0 atom stereocenters. The lowest BCUT2D eigenvalue weighted by Gasteiger charge is -2.26. The number of nitrogens with zero attached hydrogens (tertiary/aromatic N) is 1. The number of methoxy groups -OCH3 is 1. The quantitative estimate of drug-likeness (QED) is 0.755. The Morgan fingerprint density at radius 2 is 2.11 bits per heavy atom. The number of carbonyl (C=O) groups is 1. The molecule has 0 radical (unpaired) electrons. The molecular formula is C22H21FN2O2. The van der Waals surface area contributed by atoms with E-state index >= 15 is 0 Å². The van der Waals surface area contributed by atoms with Crippen molar-refractivity contribution in [2.24, 2.45) is 0 Å². The number of nitrogens with one attached hydrogen (secondary N) is 1. The van der Waals surface area contributed by atoms with Crippen LogP contribution in [0.25, 0.3) is 16.5 Å². The van der Waals surface area contributed by atoms with E-state index in [0.29, 0.717) is 18.7 Å². The number of carbonyl (C=O) groups excluding carboxylic acids is 1. The zero-order chi connectivity index (χ0) is 18.8. The van der Waals surface area contributed by atoms with Gasteiger partial charge >= 0.3 is 0 Å². The first-order valence-electron chi connectivity index (χ1n) is 9.01. The van der Waals surface area contributed by atoms with Crippen molar-refractivity contribution >= 4 is 22.4 Å². The summed E-state index contributed by atoms with van der Waals surface area (Å²) in [7, 11) is 1.66. The van der Waals surface area contributed by atoms with Gasteiger partial charge in [0.05, 0.1) is 13.5 Å². The molecule has 0 spiro atoms. The first-order valence-corrected chi connectivity index (χ1v) is 9.01. The van der Waals surface area contributed by atoms with Crippen molar-refractivity contribution in [3.8, 4) is 5.75 Å². The minimum atomic E-state index is -0.327. The first kappa shape index (κ1) is 17.3. The number of H-pyrrole nitrogens is 1. The highest BCUT2D eigenvalue weighted by atomic mass is 19.1. The molecule has 0 bridgehead atoms. The first-order chi connectivity index (χ1) is 13.2. The third kappa shape index (κ3) is 3.45. The normalized spacial score (nSPS) is 14.3. The van der Waals surface area contributed by atoms with Crippen LogP contribution in [-0.2, 0) is 11.2 Å². The number of benzene rings is 2. The summed E-state index contributed by atoms with van der Waals surface area (Å²) in [5, 5.41) is 1.12. The molecule has 1 aliphatic heterocycles. The van der Waals surface area contributed by atoms with Gasteiger partial charge in [-0.25, -0.2) is 4.39 Å². The molecule has 138 valence electrons. The van der Waals surface area contributed by atoms with E-state index < -0.39 is 0 Å². The summed E-state index contributed by atoms with van der Waals surface area (Å²) in [6, 6.07) is 12.4. The second-order valence-electron chi connectivity index (χ2n) is 6.70. The topological polar surface area (TPSA) is 45.3 Å². The second kappa shape index (κ2) is 7.27. The van der Waals surface area contributed by atoms with Crippen molar-refractivity contribution in [1.82, 2.24) is 9.88 Å². The van der Waals surface area contributed by atoms with Gasteiger partial charge in [0.1, 0.15) is 11.6 Å². The third-order valence-electron chi connectivity index (χ3n) is 5.10. The Kier molecular flexibility index (Phi) is 4.67. The molecule has 1 N–H and O–H groups in total. The Morgan fingerprint density at radius 1 is 1.26 bits per heavy atom. The maximum Gasteiger partial charge on any atom is 0.227 e. The molecule has 1 aromatic heterocycles. The maximum atomic E-state index is 13.8. The molecule has 4 nitrogen and oxygen atoms in total. The van der Waals surface area contributed by atoms with Crippen LogP contribution in [0.2, 0.25) is 0 Å². The van der Waals surface area contributed by atoms with E-state index in [1.807, 2.05) is 24.4 Å². The Hall–Kier alpha value is -3.08. The minimum Gasteiger partial charge on any atom is -0.497 e. The monoisotopic (exact) mass is 364 g/mol. The van der Waals surface area contributed by atoms with E-state index in [-0.39, 0.29) is 18.1 Å². The van der Waals surface area contributed by atoms with Crippen LogP contribution in [0.1, 0.15) is 17.5 Å². The van der Waals surface area contributed by atoms with Crippen LogP contribution in [0, 0.1) is 5.82 Å². The fourth-order valence-corrected chi connectivity index (χ4v) is 3.55. The van der Waals surface area contributed by atoms with Crippen LogP contribution >= 0.6 is 0 Å². The van der Waals surface area contributed by atoms with Crippen molar-refractivity contribution in [3.05, 3.63) is 71.7 Å². The number of rotatable bonds is 4. The van der Waals surface area contributed by atoms with Crippen LogP contribution in [0.4, 0.5) is 4.39 Å². The Morgan fingerprint density at radius 3 is 2.85 bits per heavy atom. The van der Waals surface area contributed by atoms with Gasteiger partial charge in [-0.15, -0.1) is 0 Å². The molecule has 5 heteroatoms. The van der Waals surface area contributed by atoms with E-state index in [0.717, 1.165) is 28.6 Å². The van der Waals surface area contributed by atoms with Gasteiger partial charge in [-0.3, -0.25) is 4.79 Å². The molecule has 1 amide bonds. The van der Waals surface area contributed by atoms with Crippen LogP contribution in [0.3, 0.4) is 0 Å². The lowest BCUT2D eigenvalue weighted by molar-refractivity contribution is -0.130. The van der Waals surface area contributed by atoms with Gasteiger partial charge in [0.25, 0.3) is 0 Å². The van der Waals surface area contributed by atoms with Crippen molar-refractivity contribution in [1.29, 1.82) is 0 Å². The predicted molar refractivity (Wildman–Crippen MR) is 104 cm³/mol. The summed E-state index contributed by atoms with van der Waals surface area (Å²) in [6.07, 6.45) is 4.96. The van der Waals surface area contributed by atoms with Crippen molar-refractivity contribution in [3.63, 3.8) is 0 Å². The van der Waals surface area contributed by atoms with Crippen molar-refractivity contribution < 1.29 is 13.9 Å². The van der Waals surface area contributed by atoms with Gasteiger partial charge in [-0.1, -0.05) is 24.3 Å². The molecule has 2 heterocycles. The Labute approximate surface area is 157 Å². The average molecular weight is 364 g/mol. The molecule has 27 heavy (non-hydrogen) atoms. The van der Waals surface area contributed by atoms with E-state index in [9.17, 15) is 9.18 Å². The van der Waals surface area contributed by atoms with Crippen molar-refractivity contribution in [2.75, 3.05) is 20.2 Å². The number of aromatic nitrogens is 1. The molecular weight excluding hydrogens is 343 g/mol. The fraction of sp³-hybridized carbons (Fsp3) is 0.227. The molecule has 0 unspecified atom stereocenters. The SMILES string of the molecule is COc1ccc2[nH]cc(C3=CCN(C(=O)Cc4ccccc4F)CC3)c2c1. The number of hydrogen-bond donors (Lipinski definition) is 1. The number of halogens is 1. The molecule has 3 aromatic rings. The highest BCUT2D eigenvalue weighted by molar-refractivity contribution is 5.94. The van der Waals surface area contributed by atoms with Gasteiger partial charge < -0.3 is 14.6 Å². The number of ether oxygens (including phenoxy) is 1. The van der Waals surface area contributed by atoms with Crippen LogP contribution in [-0.4, -0.2) is 36.0 Å². The molecule has 0 fully saturated rings. The highest BCUT2D eigenvalue weighted by Crippen LogP contribution is 2.31. The van der Waals surface area contributed by atoms with Gasteiger partial charge in [-0.05, 0) is 41.8 Å². The van der Waals surface area contributed by atoms with E-state index in [1.165, 1.54) is 11.6 Å². The summed E-state index contributed by atoms with van der Waals surface area (Å²) >= 11 is 0. The van der Waals surface area contributed by atoms with Gasteiger partial charge in [0, 0.05) is 35.8 Å². The smallest absolute Gasteiger partial charge is 0.227 e. The highest BCUT2D eigenvalue weighted by Gasteiger charge is 2.20. The zero-order valence-electron chi connectivity index (χ0n) is 15.2. The lowest BCUT2D eigenvalue weighted by atomic mass is 9.98. The maximum absolute atomic E-state index is 13.8. The summed E-state index contributed by atoms with van der Waals surface area (Å²) in [5.74, 6) is 0.448. The predicted octanol–water partition coefficient (Wildman–Crippen LogP) is 4.17. The molecule has 0 aliphatic carbocycles. The van der Waals surface area contributed by atoms with E-state index in [4.69, 9.17) is 4.74 Å². The Balaban J connectivity index is 1.50. The van der Waals surface area contributed by atoms with Crippen molar-refractivity contribution in [2.45, 2.75) is 12.8 Å². The van der Waals surface area contributed by atoms with Gasteiger partial charge in [0.2, 0.25) is 5.91 Å². The number of amides is 1. The van der Waals surface area contributed by atoms with Gasteiger partial charge in [-0.2, -0.15) is 0 Å². The molecule has 1 aliphatic rings. The van der Waals surface area contributed by atoms with E-state index in [1.54, 1.807) is 30.2 Å². The third-order valence-corrected chi connectivity index (χ3v) is 5.10. The fourth-order valence-electron chi connectivity index (χ4n) is 3.55. The largest absolute Gasteiger partial charge is 0.497 e.